The standard InChI is InChI=1S/C16H22O4/c1-11-8-13(19-3)6-4-12(11)5-7-14-9-16(2,18)10-15(17)20-14/h4,6,8,14,18H,5,7,9-10H2,1-3H3. The number of carbonyl (C=O) groups excluding carboxylic acids is 1. The second kappa shape index (κ2) is 5.83. The molecule has 0 radical (unpaired) electrons. The summed E-state index contributed by atoms with van der Waals surface area (Å²) in [5.74, 6) is 0.538. The fourth-order valence-corrected chi connectivity index (χ4v) is 2.70. The van der Waals surface area contributed by atoms with Gasteiger partial charge < -0.3 is 14.6 Å². The van der Waals surface area contributed by atoms with E-state index < -0.39 is 5.60 Å². The number of hydrogen-bond donors (Lipinski definition) is 1. The van der Waals surface area contributed by atoms with Gasteiger partial charge in [-0.3, -0.25) is 4.79 Å². The minimum absolute atomic E-state index is 0.0884. The number of hydrogen-bond acceptors (Lipinski definition) is 4. The molecule has 110 valence electrons. The van der Waals surface area contributed by atoms with Gasteiger partial charge in [-0.2, -0.15) is 0 Å². The number of ether oxygens (including phenoxy) is 2. The van der Waals surface area contributed by atoms with Gasteiger partial charge in [-0.1, -0.05) is 6.07 Å². The summed E-state index contributed by atoms with van der Waals surface area (Å²) in [6, 6.07) is 5.97. The molecule has 1 aliphatic heterocycles. The third-order valence-electron chi connectivity index (χ3n) is 3.78. The zero-order valence-electron chi connectivity index (χ0n) is 12.3. The van der Waals surface area contributed by atoms with Gasteiger partial charge in [0, 0.05) is 6.42 Å². The highest BCUT2D eigenvalue weighted by atomic mass is 16.5. The Labute approximate surface area is 119 Å². The van der Waals surface area contributed by atoms with Crippen molar-refractivity contribution in [3.8, 4) is 5.75 Å². The second-order valence-corrected chi connectivity index (χ2v) is 5.82. The summed E-state index contributed by atoms with van der Waals surface area (Å²) in [6.07, 6.45) is 1.95. The normalized spacial score (nSPS) is 26.2. The molecule has 4 nitrogen and oxygen atoms in total. The first-order valence-electron chi connectivity index (χ1n) is 6.95. The Bertz CT molecular complexity index is 493. The minimum Gasteiger partial charge on any atom is -0.497 e. The van der Waals surface area contributed by atoms with Gasteiger partial charge >= 0.3 is 5.97 Å². The van der Waals surface area contributed by atoms with E-state index in [1.165, 1.54) is 11.1 Å². The lowest BCUT2D eigenvalue weighted by Crippen LogP contribution is -2.41. The SMILES string of the molecule is COc1ccc(CCC2CC(C)(O)CC(=O)O2)c(C)c1. The van der Waals surface area contributed by atoms with Crippen molar-refractivity contribution in [2.24, 2.45) is 0 Å². The summed E-state index contributed by atoms with van der Waals surface area (Å²) in [4.78, 5) is 11.5. The number of benzene rings is 1. The van der Waals surface area contributed by atoms with Crippen LogP contribution in [0.5, 0.6) is 5.75 Å². The Balaban J connectivity index is 1.96. The van der Waals surface area contributed by atoms with Crippen molar-refractivity contribution in [2.75, 3.05) is 7.11 Å². The molecular formula is C16H22O4. The number of methoxy groups -OCH3 is 1. The summed E-state index contributed by atoms with van der Waals surface area (Å²) in [6.45, 7) is 3.74. The molecule has 1 aliphatic rings. The topological polar surface area (TPSA) is 55.8 Å². The van der Waals surface area contributed by atoms with E-state index >= 15 is 0 Å². The summed E-state index contributed by atoms with van der Waals surface area (Å²) in [7, 11) is 1.65. The number of rotatable bonds is 4. The lowest BCUT2D eigenvalue weighted by Gasteiger charge is -2.33. The highest BCUT2D eigenvalue weighted by Gasteiger charge is 2.35. The molecular weight excluding hydrogens is 256 g/mol. The molecule has 0 bridgehead atoms. The van der Waals surface area contributed by atoms with E-state index in [4.69, 9.17) is 9.47 Å². The third kappa shape index (κ3) is 3.73. The lowest BCUT2D eigenvalue weighted by atomic mass is 9.89. The average molecular weight is 278 g/mol. The van der Waals surface area contributed by atoms with Crippen molar-refractivity contribution in [1.29, 1.82) is 0 Å². The smallest absolute Gasteiger partial charge is 0.308 e. The molecule has 0 aromatic heterocycles. The van der Waals surface area contributed by atoms with Crippen LogP contribution in [0.3, 0.4) is 0 Å². The number of carbonyl (C=O) groups is 1. The van der Waals surface area contributed by atoms with Crippen molar-refractivity contribution in [2.45, 2.75) is 51.2 Å². The van der Waals surface area contributed by atoms with Crippen LogP contribution in [0.1, 0.15) is 37.3 Å². The number of esters is 1. The summed E-state index contributed by atoms with van der Waals surface area (Å²) < 4.78 is 10.5. The van der Waals surface area contributed by atoms with Crippen LogP contribution in [0, 0.1) is 6.92 Å². The van der Waals surface area contributed by atoms with Crippen LogP contribution >= 0.6 is 0 Å². The Morgan fingerprint density at radius 1 is 1.50 bits per heavy atom. The lowest BCUT2D eigenvalue weighted by molar-refractivity contribution is -0.168. The van der Waals surface area contributed by atoms with Crippen LogP contribution in [-0.2, 0) is 16.0 Å². The minimum atomic E-state index is -0.936. The Kier molecular flexibility index (Phi) is 4.33. The van der Waals surface area contributed by atoms with Gasteiger partial charge in [0.05, 0.1) is 19.1 Å². The van der Waals surface area contributed by atoms with Crippen molar-refractivity contribution in [3.05, 3.63) is 29.3 Å². The number of aryl methyl sites for hydroxylation is 2. The van der Waals surface area contributed by atoms with Crippen LogP contribution in [0.15, 0.2) is 18.2 Å². The van der Waals surface area contributed by atoms with Crippen molar-refractivity contribution < 1.29 is 19.4 Å². The fraction of sp³-hybridized carbons (Fsp3) is 0.562. The van der Waals surface area contributed by atoms with Crippen LogP contribution in [0.4, 0.5) is 0 Å². The van der Waals surface area contributed by atoms with E-state index in [9.17, 15) is 9.90 Å². The van der Waals surface area contributed by atoms with E-state index in [-0.39, 0.29) is 18.5 Å². The highest BCUT2D eigenvalue weighted by Crippen LogP contribution is 2.28. The molecule has 0 aliphatic carbocycles. The second-order valence-electron chi connectivity index (χ2n) is 5.82. The Morgan fingerprint density at radius 3 is 2.85 bits per heavy atom. The predicted octanol–water partition coefficient (Wildman–Crippen LogP) is 2.39. The zero-order chi connectivity index (χ0) is 14.8. The Hall–Kier alpha value is -1.55. The molecule has 2 atom stereocenters. The van der Waals surface area contributed by atoms with E-state index in [0.717, 1.165) is 18.6 Å². The van der Waals surface area contributed by atoms with Crippen molar-refractivity contribution in [1.82, 2.24) is 0 Å². The first-order valence-corrected chi connectivity index (χ1v) is 6.95. The Morgan fingerprint density at radius 2 is 2.25 bits per heavy atom. The van der Waals surface area contributed by atoms with E-state index in [2.05, 4.69) is 0 Å². The first-order chi connectivity index (χ1) is 9.39. The quantitative estimate of drug-likeness (QED) is 0.859. The summed E-state index contributed by atoms with van der Waals surface area (Å²) >= 11 is 0. The van der Waals surface area contributed by atoms with Gasteiger partial charge in [0.2, 0.25) is 0 Å². The summed E-state index contributed by atoms with van der Waals surface area (Å²) in [5, 5.41) is 10.0. The molecule has 1 saturated heterocycles. The molecule has 1 heterocycles. The molecule has 1 fully saturated rings. The van der Waals surface area contributed by atoms with Gasteiger partial charge in [0.25, 0.3) is 0 Å². The van der Waals surface area contributed by atoms with Crippen LogP contribution in [0.2, 0.25) is 0 Å². The van der Waals surface area contributed by atoms with Crippen LogP contribution in [0.25, 0.3) is 0 Å². The zero-order valence-corrected chi connectivity index (χ0v) is 12.3. The maximum atomic E-state index is 11.5. The molecule has 1 aromatic carbocycles. The maximum absolute atomic E-state index is 11.5. The molecule has 0 saturated carbocycles. The highest BCUT2D eigenvalue weighted by molar-refractivity contribution is 5.71. The molecule has 20 heavy (non-hydrogen) atoms. The number of cyclic esters (lactones) is 1. The molecule has 1 N–H and O–H groups in total. The maximum Gasteiger partial charge on any atom is 0.308 e. The van der Waals surface area contributed by atoms with Gasteiger partial charge in [0.15, 0.2) is 0 Å². The van der Waals surface area contributed by atoms with E-state index in [0.29, 0.717) is 6.42 Å². The molecule has 4 heteroatoms. The first kappa shape index (κ1) is 14.9. The van der Waals surface area contributed by atoms with Crippen LogP contribution < -0.4 is 4.74 Å². The molecule has 2 unspecified atom stereocenters. The number of aliphatic hydroxyl groups is 1. The van der Waals surface area contributed by atoms with Gasteiger partial charge in [0.1, 0.15) is 11.9 Å². The van der Waals surface area contributed by atoms with E-state index in [1.807, 2.05) is 25.1 Å². The van der Waals surface area contributed by atoms with Crippen molar-refractivity contribution >= 4 is 5.97 Å². The molecule has 1 aromatic rings. The van der Waals surface area contributed by atoms with Crippen LogP contribution in [-0.4, -0.2) is 29.9 Å². The molecule has 0 amide bonds. The van der Waals surface area contributed by atoms with Gasteiger partial charge in [-0.25, -0.2) is 0 Å². The largest absolute Gasteiger partial charge is 0.497 e. The van der Waals surface area contributed by atoms with E-state index in [1.54, 1.807) is 14.0 Å². The predicted molar refractivity (Wildman–Crippen MR) is 75.8 cm³/mol. The monoisotopic (exact) mass is 278 g/mol. The van der Waals surface area contributed by atoms with Gasteiger partial charge in [-0.05, 0) is 49.9 Å². The fourth-order valence-electron chi connectivity index (χ4n) is 2.70. The summed E-state index contributed by atoms with van der Waals surface area (Å²) in [5.41, 5.74) is 1.44. The molecule has 0 spiro atoms. The molecule has 2 rings (SSSR count). The average Bonchev–Trinajstić information content (AvgIpc) is 2.34. The van der Waals surface area contributed by atoms with Crippen molar-refractivity contribution in [3.63, 3.8) is 0 Å². The third-order valence-corrected chi connectivity index (χ3v) is 3.78. The van der Waals surface area contributed by atoms with Gasteiger partial charge in [-0.15, -0.1) is 0 Å².